The smallest absolute Gasteiger partial charge is 0.351 e. The summed E-state index contributed by atoms with van der Waals surface area (Å²) < 4.78 is 12.9. The minimum Gasteiger partial charge on any atom is -0.463 e. The zero-order valence-electron chi connectivity index (χ0n) is 32.9. The van der Waals surface area contributed by atoms with Gasteiger partial charge in [0.05, 0.1) is 6.10 Å². The first-order chi connectivity index (χ1) is 26.0. The number of allylic oxidation sites excluding steroid dienone is 12. The molecule has 1 N–H and O–H groups in total. The van der Waals surface area contributed by atoms with Crippen molar-refractivity contribution in [3.63, 3.8) is 0 Å². The largest absolute Gasteiger partial charge is 0.463 e. The van der Waals surface area contributed by atoms with Gasteiger partial charge in [-0.3, -0.25) is 14.2 Å². The second-order valence-corrected chi connectivity index (χ2v) is 13.7. The Balaban J connectivity index is 1.49. The fourth-order valence-electron chi connectivity index (χ4n) is 5.97. The third kappa shape index (κ3) is 24.2. The van der Waals surface area contributed by atoms with Crippen molar-refractivity contribution < 1.29 is 19.1 Å². The number of amides is 1. The lowest BCUT2D eigenvalue weighted by molar-refractivity contribution is -0.148. The number of nitrogens with one attached hydrogen (secondary N) is 1. The van der Waals surface area contributed by atoms with Gasteiger partial charge in [0.25, 0.3) is 0 Å². The first-order valence-electron chi connectivity index (χ1n) is 20.6. The minimum atomic E-state index is -0.473. The highest BCUT2D eigenvalue weighted by Crippen LogP contribution is 2.27. The van der Waals surface area contributed by atoms with Crippen LogP contribution in [0, 0.1) is 0 Å². The van der Waals surface area contributed by atoms with Crippen LogP contribution in [0.5, 0.6) is 0 Å². The van der Waals surface area contributed by atoms with Gasteiger partial charge in [-0.15, -0.1) is 0 Å². The van der Waals surface area contributed by atoms with E-state index in [1.54, 1.807) is 12.3 Å². The Labute approximate surface area is 320 Å². The predicted molar refractivity (Wildman–Crippen MR) is 220 cm³/mol. The number of nitrogens with zero attached hydrogens (tertiary/aromatic N) is 2. The highest BCUT2D eigenvalue weighted by molar-refractivity contribution is 5.89. The van der Waals surface area contributed by atoms with Crippen LogP contribution in [0.15, 0.2) is 90.0 Å². The molecule has 0 aliphatic carbocycles. The van der Waals surface area contributed by atoms with E-state index in [1.807, 2.05) is 0 Å². The number of rotatable bonds is 30. The third-order valence-corrected chi connectivity index (χ3v) is 9.01. The van der Waals surface area contributed by atoms with Crippen molar-refractivity contribution in [1.82, 2.24) is 9.55 Å². The summed E-state index contributed by atoms with van der Waals surface area (Å²) in [5, 5.41) is 2.75. The van der Waals surface area contributed by atoms with E-state index in [4.69, 9.17) is 9.47 Å². The summed E-state index contributed by atoms with van der Waals surface area (Å²) in [6.07, 6.45) is 48.6. The highest BCUT2D eigenvalue weighted by atomic mass is 16.6. The lowest BCUT2D eigenvalue weighted by Gasteiger charge is -2.16. The van der Waals surface area contributed by atoms with Gasteiger partial charge in [-0.05, 0) is 96.0 Å². The van der Waals surface area contributed by atoms with Crippen LogP contribution in [0.4, 0.5) is 5.82 Å². The quantitative estimate of drug-likeness (QED) is 0.0480. The number of esters is 1. The molecule has 1 aromatic rings. The van der Waals surface area contributed by atoms with Crippen molar-refractivity contribution >= 4 is 17.7 Å². The highest BCUT2D eigenvalue weighted by Gasteiger charge is 2.28. The Morgan fingerprint density at radius 3 is 1.79 bits per heavy atom. The summed E-state index contributed by atoms with van der Waals surface area (Å²) in [7, 11) is 0. The van der Waals surface area contributed by atoms with Crippen molar-refractivity contribution in [2.45, 2.75) is 167 Å². The molecule has 294 valence electrons. The average molecular weight is 732 g/mol. The number of hydrogen-bond donors (Lipinski definition) is 1. The number of anilines is 1. The number of carbonyl (C=O) groups excluding carboxylic acids is 2. The summed E-state index contributed by atoms with van der Waals surface area (Å²) in [6, 6.07) is 1.63. The third-order valence-electron chi connectivity index (χ3n) is 9.01. The molecule has 8 heteroatoms. The zero-order chi connectivity index (χ0) is 38.0. The molecule has 2 rings (SSSR count). The summed E-state index contributed by atoms with van der Waals surface area (Å²) in [5.41, 5.74) is -0.473. The first kappa shape index (κ1) is 45.4. The van der Waals surface area contributed by atoms with E-state index in [0.29, 0.717) is 25.7 Å². The lowest BCUT2D eigenvalue weighted by atomic mass is 10.1. The molecule has 0 spiro atoms. The molecule has 0 bridgehead atoms. The Morgan fingerprint density at radius 2 is 1.23 bits per heavy atom. The van der Waals surface area contributed by atoms with E-state index in [2.05, 4.69) is 97.1 Å². The molecule has 1 aromatic heterocycles. The molecule has 0 radical (unpaired) electrons. The van der Waals surface area contributed by atoms with E-state index >= 15 is 0 Å². The topological polar surface area (TPSA) is 99.5 Å². The van der Waals surface area contributed by atoms with Crippen molar-refractivity contribution in [3.8, 4) is 0 Å². The summed E-state index contributed by atoms with van der Waals surface area (Å²) in [6.45, 7) is 4.48. The van der Waals surface area contributed by atoms with Crippen LogP contribution >= 0.6 is 0 Å². The van der Waals surface area contributed by atoms with Gasteiger partial charge in [0.1, 0.15) is 18.7 Å². The SMILES string of the molecule is CCC=CCC=CCC=CCCCCCCCC(=O)Nc1ccn([C@@H]2CC[C@@H](COC(=O)CCCCCCCC=CCC=CCC=CCC)O2)c(=O)n1. The second kappa shape index (κ2) is 31.7. The van der Waals surface area contributed by atoms with E-state index in [9.17, 15) is 14.4 Å². The molecule has 0 aromatic carbocycles. The summed E-state index contributed by atoms with van der Waals surface area (Å²) >= 11 is 0. The predicted octanol–water partition coefficient (Wildman–Crippen LogP) is 11.6. The van der Waals surface area contributed by atoms with Gasteiger partial charge < -0.3 is 14.8 Å². The zero-order valence-corrected chi connectivity index (χ0v) is 32.9. The van der Waals surface area contributed by atoms with Crippen molar-refractivity contribution in [2.24, 2.45) is 0 Å². The van der Waals surface area contributed by atoms with Gasteiger partial charge >= 0.3 is 11.7 Å². The maximum atomic E-state index is 12.7. The fourth-order valence-corrected chi connectivity index (χ4v) is 5.97. The Kier molecular flexibility index (Phi) is 27.2. The molecule has 2 heterocycles. The van der Waals surface area contributed by atoms with Crippen LogP contribution in [-0.4, -0.2) is 34.1 Å². The molecule has 1 aliphatic heterocycles. The Bertz CT molecular complexity index is 1360. The van der Waals surface area contributed by atoms with Gasteiger partial charge in [-0.25, -0.2) is 4.79 Å². The number of hydrogen-bond acceptors (Lipinski definition) is 6. The lowest BCUT2D eigenvalue weighted by Crippen LogP contribution is -2.29. The van der Waals surface area contributed by atoms with E-state index in [1.165, 1.54) is 23.8 Å². The molecular formula is C45H69N3O5. The van der Waals surface area contributed by atoms with Gasteiger partial charge in [0, 0.05) is 19.0 Å². The number of aromatic nitrogens is 2. The molecule has 8 nitrogen and oxygen atoms in total. The molecule has 1 aliphatic rings. The molecule has 0 unspecified atom stereocenters. The van der Waals surface area contributed by atoms with Crippen molar-refractivity contribution in [3.05, 3.63) is 95.7 Å². The maximum absolute atomic E-state index is 12.7. The Hall–Kier alpha value is -3.78. The molecule has 2 atom stereocenters. The first-order valence-corrected chi connectivity index (χ1v) is 20.6. The van der Waals surface area contributed by atoms with Gasteiger partial charge in [0.15, 0.2) is 0 Å². The van der Waals surface area contributed by atoms with E-state index in [0.717, 1.165) is 96.3 Å². The fraction of sp³-hybridized carbons (Fsp3) is 0.600. The van der Waals surface area contributed by atoms with Gasteiger partial charge in [0.2, 0.25) is 5.91 Å². The number of unbranched alkanes of at least 4 members (excludes halogenated alkanes) is 10. The maximum Gasteiger partial charge on any atom is 0.351 e. The summed E-state index contributed by atoms with van der Waals surface area (Å²) in [4.78, 5) is 41.5. The normalized spacial score (nSPS) is 16.5. The van der Waals surface area contributed by atoms with Crippen LogP contribution in [0.2, 0.25) is 0 Å². The average Bonchev–Trinajstić information content (AvgIpc) is 3.62. The van der Waals surface area contributed by atoms with Crippen LogP contribution in [0.3, 0.4) is 0 Å². The molecular weight excluding hydrogens is 663 g/mol. The van der Waals surface area contributed by atoms with Crippen LogP contribution < -0.4 is 11.0 Å². The molecule has 1 amide bonds. The number of carbonyl (C=O) groups is 2. The number of ether oxygens (including phenoxy) is 2. The molecule has 1 saturated heterocycles. The van der Waals surface area contributed by atoms with Gasteiger partial charge in [-0.1, -0.05) is 125 Å². The van der Waals surface area contributed by atoms with E-state index < -0.39 is 11.9 Å². The van der Waals surface area contributed by atoms with Crippen LogP contribution in [-0.2, 0) is 19.1 Å². The minimum absolute atomic E-state index is 0.131. The van der Waals surface area contributed by atoms with Crippen LogP contribution in [0.1, 0.15) is 161 Å². The molecule has 0 saturated carbocycles. The molecule has 1 fully saturated rings. The van der Waals surface area contributed by atoms with Crippen LogP contribution in [0.25, 0.3) is 0 Å². The summed E-state index contributed by atoms with van der Waals surface area (Å²) in [5.74, 6) is -0.0752. The van der Waals surface area contributed by atoms with Crippen molar-refractivity contribution in [2.75, 3.05) is 11.9 Å². The van der Waals surface area contributed by atoms with Crippen molar-refractivity contribution in [1.29, 1.82) is 0 Å². The standard InChI is InChI=1S/C45H69N3O5/c1-3-5-7-9-11-13-15-17-19-21-23-25-27-29-31-33-42(49)46-41-37-38-48(45(51)47-41)43-36-35-40(53-43)39-52-44(50)34-32-30-28-26-24-22-20-18-16-14-12-10-8-6-4-2/h5-8,11-14,17-20,37-38,40,43H,3-4,9-10,15-16,21-36,39H2,1-2H3,(H,46,47,49,51)/t40-,43-/m0/s1. The monoisotopic (exact) mass is 732 g/mol. The van der Waals surface area contributed by atoms with Gasteiger partial charge in [-0.2, -0.15) is 4.98 Å². The van der Waals surface area contributed by atoms with E-state index in [-0.39, 0.29) is 30.4 Å². The second-order valence-electron chi connectivity index (χ2n) is 13.7. The Morgan fingerprint density at radius 1 is 0.717 bits per heavy atom. The molecule has 53 heavy (non-hydrogen) atoms.